The zero-order valence-electron chi connectivity index (χ0n) is 14.6. The number of ether oxygens (including phenoxy) is 1. The molecule has 0 aromatic carbocycles. The molecule has 0 N–H and O–H groups in total. The minimum Gasteiger partial charge on any atom is -0.468 e. The maximum absolute atomic E-state index is 12.5. The van der Waals surface area contributed by atoms with Gasteiger partial charge in [0.1, 0.15) is 11.6 Å². The van der Waals surface area contributed by atoms with Gasteiger partial charge in [-0.1, -0.05) is 6.42 Å². The lowest BCUT2D eigenvalue weighted by Gasteiger charge is -2.31. The molecule has 25 heavy (non-hydrogen) atoms. The predicted octanol–water partition coefficient (Wildman–Crippen LogP) is 2.63. The molecule has 0 saturated carbocycles. The summed E-state index contributed by atoms with van der Waals surface area (Å²) in [6.45, 7) is 2.46. The number of aryl methyl sites for hydroxylation is 1. The third-order valence-corrected chi connectivity index (χ3v) is 5.28. The molecule has 7 heteroatoms. The van der Waals surface area contributed by atoms with E-state index in [4.69, 9.17) is 9.15 Å². The van der Waals surface area contributed by atoms with Gasteiger partial charge in [-0.15, -0.1) is 10.2 Å². The normalized spacial score (nSPS) is 18.7. The topological polar surface area (TPSA) is 73.4 Å². The molecule has 0 spiro atoms. The number of fused-ring (bicyclic) bond motifs is 1. The van der Waals surface area contributed by atoms with E-state index in [1.165, 1.54) is 26.4 Å². The third kappa shape index (κ3) is 3.15. The zero-order valence-corrected chi connectivity index (χ0v) is 14.6. The molecule has 1 fully saturated rings. The fraction of sp³-hybridized carbons (Fsp3) is 0.611. The van der Waals surface area contributed by atoms with Gasteiger partial charge in [0, 0.05) is 38.0 Å². The van der Waals surface area contributed by atoms with Crippen LogP contribution in [0.1, 0.15) is 60.2 Å². The first-order valence-electron chi connectivity index (χ1n) is 9.11. The predicted molar refractivity (Wildman–Crippen MR) is 90.7 cm³/mol. The van der Waals surface area contributed by atoms with Crippen LogP contribution in [0.5, 0.6) is 5.95 Å². The quantitative estimate of drug-likeness (QED) is 0.856. The van der Waals surface area contributed by atoms with Crippen molar-refractivity contribution in [3.05, 3.63) is 29.5 Å². The Morgan fingerprint density at radius 2 is 2.00 bits per heavy atom. The number of hydrogen-bond acceptors (Lipinski definition) is 5. The van der Waals surface area contributed by atoms with Crippen molar-refractivity contribution in [1.29, 1.82) is 0 Å². The van der Waals surface area contributed by atoms with Crippen LogP contribution in [-0.2, 0) is 13.0 Å². The van der Waals surface area contributed by atoms with E-state index in [1.807, 2.05) is 4.90 Å². The summed E-state index contributed by atoms with van der Waals surface area (Å²) in [5, 5.41) is 8.89. The van der Waals surface area contributed by atoms with Gasteiger partial charge in [0.15, 0.2) is 5.76 Å². The van der Waals surface area contributed by atoms with Crippen molar-refractivity contribution >= 4 is 5.91 Å². The van der Waals surface area contributed by atoms with Crippen molar-refractivity contribution in [3.8, 4) is 5.95 Å². The average Bonchev–Trinajstić information content (AvgIpc) is 3.23. The number of amides is 1. The molecule has 0 aliphatic carbocycles. The second kappa shape index (κ2) is 6.90. The Hall–Kier alpha value is -2.31. The lowest BCUT2D eigenvalue weighted by Crippen LogP contribution is -2.38. The van der Waals surface area contributed by atoms with Gasteiger partial charge in [0.05, 0.1) is 7.11 Å². The van der Waals surface area contributed by atoms with Crippen LogP contribution in [0.15, 0.2) is 16.5 Å². The molecule has 4 rings (SSSR count). The van der Waals surface area contributed by atoms with Crippen LogP contribution in [0.25, 0.3) is 0 Å². The second-order valence-electron chi connectivity index (χ2n) is 6.83. The van der Waals surface area contributed by atoms with Crippen molar-refractivity contribution in [2.45, 2.75) is 51.0 Å². The highest BCUT2D eigenvalue weighted by atomic mass is 16.6. The largest absolute Gasteiger partial charge is 0.468 e. The SMILES string of the molecule is COc1ccc(C(=O)N2CCC(c3nnc4n3CCCCC4)CC2)o1. The molecule has 2 aliphatic rings. The Labute approximate surface area is 147 Å². The van der Waals surface area contributed by atoms with Gasteiger partial charge >= 0.3 is 0 Å². The van der Waals surface area contributed by atoms with Gasteiger partial charge in [-0.2, -0.15) is 0 Å². The first-order chi connectivity index (χ1) is 12.3. The van der Waals surface area contributed by atoms with Crippen molar-refractivity contribution in [3.63, 3.8) is 0 Å². The number of aromatic nitrogens is 3. The Bertz CT molecular complexity index is 743. The van der Waals surface area contributed by atoms with E-state index in [9.17, 15) is 4.79 Å². The van der Waals surface area contributed by atoms with Crippen LogP contribution in [0.4, 0.5) is 0 Å². The summed E-state index contributed by atoms with van der Waals surface area (Å²) in [4.78, 5) is 14.4. The number of carbonyl (C=O) groups is 1. The highest BCUT2D eigenvalue weighted by Gasteiger charge is 2.29. The number of nitrogens with zero attached hydrogens (tertiary/aromatic N) is 4. The summed E-state index contributed by atoms with van der Waals surface area (Å²) in [6, 6.07) is 3.34. The molecule has 2 aliphatic heterocycles. The van der Waals surface area contributed by atoms with Crippen molar-refractivity contribution < 1.29 is 13.9 Å². The first kappa shape index (κ1) is 16.2. The van der Waals surface area contributed by atoms with Gasteiger partial charge in [-0.05, 0) is 31.7 Å². The van der Waals surface area contributed by atoms with E-state index < -0.39 is 0 Å². The van der Waals surface area contributed by atoms with Crippen molar-refractivity contribution in [1.82, 2.24) is 19.7 Å². The van der Waals surface area contributed by atoms with E-state index in [0.717, 1.165) is 37.5 Å². The number of furan rings is 1. The molecule has 134 valence electrons. The Morgan fingerprint density at radius 1 is 1.16 bits per heavy atom. The number of carbonyl (C=O) groups excluding carboxylic acids is 1. The van der Waals surface area contributed by atoms with Crippen molar-refractivity contribution in [2.75, 3.05) is 20.2 Å². The average molecular weight is 344 g/mol. The molecule has 7 nitrogen and oxygen atoms in total. The standard InChI is InChI=1S/C18H24N4O3/c1-24-16-7-6-14(25-16)18(23)21-11-8-13(9-12-21)17-20-19-15-5-3-2-4-10-22(15)17/h6-7,13H,2-5,8-12H2,1H3. The molecule has 0 radical (unpaired) electrons. The molecule has 4 heterocycles. The van der Waals surface area contributed by atoms with Crippen molar-refractivity contribution in [2.24, 2.45) is 0 Å². The number of piperidine rings is 1. The minimum absolute atomic E-state index is 0.0678. The summed E-state index contributed by atoms with van der Waals surface area (Å²) in [7, 11) is 1.53. The lowest BCUT2D eigenvalue weighted by atomic mass is 9.95. The summed E-state index contributed by atoms with van der Waals surface area (Å²) in [5.74, 6) is 3.27. The van der Waals surface area contributed by atoms with E-state index >= 15 is 0 Å². The van der Waals surface area contributed by atoms with Crippen LogP contribution in [-0.4, -0.2) is 45.8 Å². The maximum Gasteiger partial charge on any atom is 0.289 e. The number of rotatable bonds is 3. The molecular formula is C18H24N4O3. The minimum atomic E-state index is -0.0678. The molecule has 2 aromatic rings. The van der Waals surface area contributed by atoms with E-state index in [2.05, 4.69) is 14.8 Å². The summed E-state index contributed by atoms with van der Waals surface area (Å²) >= 11 is 0. The van der Waals surface area contributed by atoms with Gasteiger partial charge in [0.2, 0.25) is 0 Å². The number of hydrogen-bond donors (Lipinski definition) is 0. The van der Waals surface area contributed by atoms with E-state index in [-0.39, 0.29) is 5.91 Å². The summed E-state index contributed by atoms with van der Waals surface area (Å²) < 4.78 is 12.7. The molecule has 2 aromatic heterocycles. The third-order valence-electron chi connectivity index (χ3n) is 5.28. The summed E-state index contributed by atoms with van der Waals surface area (Å²) in [5.41, 5.74) is 0. The smallest absolute Gasteiger partial charge is 0.289 e. The Kier molecular flexibility index (Phi) is 4.46. The van der Waals surface area contributed by atoms with E-state index in [0.29, 0.717) is 30.7 Å². The Balaban J connectivity index is 1.41. The van der Waals surface area contributed by atoms with Crippen LogP contribution in [0, 0.1) is 0 Å². The highest BCUT2D eigenvalue weighted by molar-refractivity contribution is 5.91. The van der Waals surface area contributed by atoms with Crippen LogP contribution in [0.2, 0.25) is 0 Å². The zero-order chi connectivity index (χ0) is 17.2. The Morgan fingerprint density at radius 3 is 2.76 bits per heavy atom. The molecule has 0 atom stereocenters. The lowest BCUT2D eigenvalue weighted by molar-refractivity contribution is 0.0672. The molecule has 1 saturated heterocycles. The number of methoxy groups -OCH3 is 1. The first-order valence-corrected chi connectivity index (χ1v) is 9.11. The van der Waals surface area contributed by atoms with Gasteiger partial charge in [0.25, 0.3) is 11.9 Å². The van der Waals surface area contributed by atoms with Crippen LogP contribution >= 0.6 is 0 Å². The number of likely N-dealkylation sites (tertiary alicyclic amines) is 1. The second-order valence-corrected chi connectivity index (χ2v) is 6.83. The molecule has 1 amide bonds. The maximum atomic E-state index is 12.5. The van der Waals surface area contributed by atoms with Crippen LogP contribution in [0.3, 0.4) is 0 Å². The fourth-order valence-corrected chi connectivity index (χ4v) is 3.85. The van der Waals surface area contributed by atoms with Crippen LogP contribution < -0.4 is 4.74 Å². The summed E-state index contributed by atoms with van der Waals surface area (Å²) in [6.07, 6.45) is 6.55. The van der Waals surface area contributed by atoms with Gasteiger partial charge in [-0.3, -0.25) is 4.79 Å². The van der Waals surface area contributed by atoms with Gasteiger partial charge in [-0.25, -0.2) is 0 Å². The van der Waals surface area contributed by atoms with Gasteiger partial charge < -0.3 is 18.6 Å². The molecule has 0 bridgehead atoms. The monoisotopic (exact) mass is 344 g/mol. The van der Waals surface area contributed by atoms with E-state index in [1.54, 1.807) is 12.1 Å². The fourth-order valence-electron chi connectivity index (χ4n) is 3.85. The molecular weight excluding hydrogens is 320 g/mol. The molecule has 0 unspecified atom stereocenters. The highest BCUT2D eigenvalue weighted by Crippen LogP contribution is 2.30.